The quantitative estimate of drug-likeness (QED) is 0.678. The number of ether oxygens (including phenoxy) is 1. The number of hydrogen-bond donors (Lipinski definition) is 0. The molecule has 0 aliphatic heterocycles. The number of fused-ring (bicyclic) bond motifs is 1. The van der Waals surface area contributed by atoms with Crippen LogP contribution in [0.1, 0.15) is 22.8 Å². The highest BCUT2D eigenvalue weighted by molar-refractivity contribution is 5.93. The summed E-state index contributed by atoms with van der Waals surface area (Å²) in [6.07, 6.45) is 2.32. The van der Waals surface area contributed by atoms with Gasteiger partial charge in [-0.2, -0.15) is 0 Å². The van der Waals surface area contributed by atoms with E-state index in [1.54, 1.807) is 29.8 Å². The van der Waals surface area contributed by atoms with Crippen LogP contribution in [0.25, 0.3) is 11.0 Å². The second-order valence-electron chi connectivity index (χ2n) is 5.39. The summed E-state index contributed by atoms with van der Waals surface area (Å²) < 4.78 is 6.55. The van der Waals surface area contributed by atoms with Crippen molar-refractivity contribution in [1.29, 1.82) is 0 Å². The van der Waals surface area contributed by atoms with Crippen molar-refractivity contribution >= 4 is 17.0 Å². The number of benzene rings is 1. The van der Waals surface area contributed by atoms with Crippen molar-refractivity contribution < 1.29 is 9.53 Å². The molecule has 0 bridgehead atoms. The third kappa shape index (κ3) is 3.20. The number of rotatable bonds is 5. The molecule has 0 saturated heterocycles. The number of carbonyl (C=O) groups is 1. The maximum atomic E-state index is 12.7. The van der Waals surface area contributed by atoms with E-state index in [0.717, 1.165) is 10.9 Å². The first-order chi connectivity index (χ1) is 11.7. The van der Waals surface area contributed by atoms with Gasteiger partial charge in [0.25, 0.3) is 5.56 Å². The lowest BCUT2D eigenvalue weighted by Gasteiger charge is -2.11. The lowest BCUT2D eigenvalue weighted by Crippen LogP contribution is -2.28. The molecule has 0 radical (unpaired) electrons. The molecule has 0 aliphatic carbocycles. The highest BCUT2D eigenvalue weighted by atomic mass is 16.5. The fourth-order valence-corrected chi connectivity index (χ4v) is 2.65. The summed E-state index contributed by atoms with van der Waals surface area (Å²) in [6, 6.07) is 15.1. The highest BCUT2D eigenvalue weighted by Crippen LogP contribution is 2.12. The van der Waals surface area contributed by atoms with Gasteiger partial charge in [0.2, 0.25) is 0 Å². The summed E-state index contributed by atoms with van der Waals surface area (Å²) >= 11 is 0. The van der Waals surface area contributed by atoms with E-state index in [-0.39, 0.29) is 17.7 Å². The topological polar surface area (TPSA) is 61.2 Å². The van der Waals surface area contributed by atoms with Crippen LogP contribution < -0.4 is 5.56 Å². The fraction of sp³-hybridized carbons (Fsp3) is 0.211. The largest absolute Gasteiger partial charge is 0.462 e. The predicted molar refractivity (Wildman–Crippen MR) is 92.1 cm³/mol. The molecule has 0 saturated carbocycles. The Kier molecular flexibility index (Phi) is 4.70. The van der Waals surface area contributed by atoms with E-state index in [2.05, 4.69) is 4.98 Å². The number of aromatic nitrogens is 2. The number of aryl methyl sites for hydroxylation is 2. The summed E-state index contributed by atoms with van der Waals surface area (Å²) in [5.41, 5.74) is 1.38. The van der Waals surface area contributed by atoms with Crippen molar-refractivity contribution in [2.45, 2.75) is 19.9 Å². The van der Waals surface area contributed by atoms with Gasteiger partial charge in [-0.05, 0) is 37.1 Å². The number of carbonyl (C=O) groups excluding carboxylic acids is 1. The van der Waals surface area contributed by atoms with Crippen LogP contribution in [0.4, 0.5) is 0 Å². The molecule has 3 rings (SSSR count). The van der Waals surface area contributed by atoms with Crippen molar-refractivity contribution in [2.75, 3.05) is 6.61 Å². The van der Waals surface area contributed by atoms with Gasteiger partial charge >= 0.3 is 5.97 Å². The minimum atomic E-state index is -0.596. The van der Waals surface area contributed by atoms with Crippen LogP contribution >= 0.6 is 0 Å². The van der Waals surface area contributed by atoms with Gasteiger partial charge in [-0.1, -0.05) is 30.3 Å². The monoisotopic (exact) mass is 322 g/mol. The highest BCUT2D eigenvalue weighted by Gasteiger charge is 2.17. The molecule has 0 fully saturated rings. The van der Waals surface area contributed by atoms with Gasteiger partial charge in [0.15, 0.2) is 0 Å². The van der Waals surface area contributed by atoms with E-state index >= 15 is 0 Å². The van der Waals surface area contributed by atoms with Gasteiger partial charge in [0.05, 0.1) is 6.61 Å². The van der Waals surface area contributed by atoms with Crippen molar-refractivity contribution in [2.24, 2.45) is 0 Å². The van der Waals surface area contributed by atoms with E-state index in [4.69, 9.17) is 4.74 Å². The van der Waals surface area contributed by atoms with Gasteiger partial charge in [-0.15, -0.1) is 0 Å². The van der Waals surface area contributed by atoms with Crippen LogP contribution in [-0.4, -0.2) is 22.1 Å². The summed E-state index contributed by atoms with van der Waals surface area (Å²) in [4.78, 5) is 29.1. The lowest BCUT2D eigenvalue weighted by molar-refractivity contribution is 0.0524. The van der Waals surface area contributed by atoms with Crippen LogP contribution in [0.3, 0.4) is 0 Å². The molecule has 1 aromatic carbocycles. The molecule has 0 unspecified atom stereocenters. The summed E-state index contributed by atoms with van der Waals surface area (Å²) in [5.74, 6) is -0.596. The Labute approximate surface area is 139 Å². The molecule has 5 heteroatoms. The predicted octanol–water partition coefficient (Wildman–Crippen LogP) is 2.82. The number of nitrogens with zero attached hydrogens (tertiary/aromatic N) is 2. The summed E-state index contributed by atoms with van der Waals surface area (Å²) in [7, 11) is 0. The second kappa shape index (κ2) is 7.08. The molecule has 0 atom stereocenters. The molecule has 0 amide bonds. The second-order valence-corrected chi connectivity index (χ2v) is 5.39. The number of pyridine rings is 2. The SMILES string of the molecule is CCOC(=O)c1cc2cccnc2n(CCc2ccccc2)c1=O. The van der Waals surface area contributed by atoms with Crippen LogP contribution in [-0.2, 0) is 17.7 Å². The van der Waals surface area contributed by atoms with E-state index < -0.39 is 5.97 Å². The number of esters is 1. The Balaban J connectivity index is 2.05. The van der Waals surface area contributed by atoms with E-state index in [1.807, 2.05) is 36.4 Å². The third-order valence-electron chi connectivity index (χ3n) is 3.81. The first-order valence-corrected chi connectivity index (χ1v) is 7.90. The van der Waals surface area contributed by atoms with Crippen molar-refractivity contribution in [3.05, 3.63) is 76.2 Å². The first-order valence-electron chi connectivity index (χ1n) is 7.90. The maximum Gasteiger partial charge on any atom is 0.343 e. The minimum Gasteiger partial charge on any atom is -0.462 e. The van der Waals surface area contributed by atoms with E-state index in [9.17, 15) is 9.59 Å². The van der Waals surface area contributed by atoms with Gasteiger partial charge in [0.1, 0.15) is 11.2 Å². The molecule has 2 heterocycles. The normalized spacial score (nSPS) is 10.7. The summed E-state index contributed by atoms with van der Waals surface area (Å²) in [6.45, 7) is 2.39. The Morgan fingerprint density at radius 3 is 2.71 bits per heavy atom. The van der Waals surface area contributed by atoms with Crippen molar-refractivity contribution in [1.82, 2.24) is 9.55 Å². The molecule has 0 aliphatic rings. The van der Waals surface area contributed by atoms with E-state index in [1.165, 1.54) is 0 Å². The maximum absolute atomic E-state index is 12.7. The fourth-order valence-electron chi connectivity index (χ4n) is 2.65. The van der Waals surface area contributed by atoms with Gasteiger partial charge in [-0.3, -0.25) is 9.36 Å². The lowest BCUT2D eigenvalue weighted by atomic mass is 10.1. The standard InChI is InChI=1S/C19H18N2O3/c1-2-24-19(23)16-13-15-9-6-11-20-17(15)21(18(16)22)12-10-14-7-4-3-5-8-14/h3-9,11,13H,2,10,12H2,1H3. The Morgan fingerprint density at radius 2 is 1.96 bits per heavy atom. The van der Waals surface area contributed by atoms with Crippen LogP contribution in [0.15, 0.2) is 59.5 Å². The summed E-state index contributed by atoms with van der Waals surface area (Å²) in [5, 5.41) is 0.744. The Bertz CT molecular complexity index is 917. The molecule has 5 nitrogen and oxygen atoms in total. The molecule has 0 spiro atoms. The average molecular weight is 322 g/mol. The average Bonchev–Trinajstić information content (AvgIpc) is 2.61. The zero-order chi connectivity index (χ0) is 16.9. The van der Waals surface area contributed by atoms with Crippen LogP contribution in [0.2, 0.25) is 0 Å². The third-order valence-corrected chi connectivity index (χ3v) is 3.81. The van der Waals surface area contributed by atoms with Gasteiger partial charge in [0, 0.05) is 18.1 Å². The molecule has 122 valence electrons. The zero-order valence-corrected chi connectivity index (χ0v) is 13.4. The molecule has 24 heavy (non-hydrogen) atoms. The number of hydrogen-bond acceptors (Lipinski definition) is 4. The first kappa shape index (κ1) is 15.9. The Hall–Kier alpha value is -2.95. The van der Waals surface area contributed by atoms with Crippen LogP contribution in [0, 0.1) is 0 Å². The van der Waals surface area contributed by atoms with Gasteiger partial charge < -0.3 is 4.74 Å². The molecule has 2 aromatic heterocycles. The van der Waals surface area contributed by atoms with Crippen molar-refractivity contribution in [3.63, 3.8) is 0 Å². The molecule has 0 N–H and O–H groups in total. The minimum absolute atomic E-state index is 0.0467. The van der Waals surface area contributed by atoms with Gasteiger partial charge in [-0.25, -0.2) is 9.78 Å². The smallest absolute Gasteiger partial charge is 0.343 e. The zero-order valence-electron chi connectivity index (χ0n) is 13.4. The molecule has 3 aromatic rings. The Morgan fingerprint density at radius 1 is 1.17 bits per heavy atom. The van der Waals surface area contributed by atoms with Crippen molar-refractivity contribution in [3.8, 4) is 0 Å². The molecular weight excluding hydrogens is 304 g/mol. The van der Waals surface area contributed by atoms with Crippen LogP contribution in [0.5, 0.6) is 0 Å². The van der Waals surface area contributed by atoms with E-state index in [0.29, 0.717) is 18.6 Å². The molecular formula is C19H18N2O3.